The number of fused-ring (bicyclic) bond motifs is 1. The Bertz CT molecular complexity index is 1090. The molecule has 0 radical (unpaired) electrons. The SMILES string of the molecule is COc1ccc(CCN2CC(=O)N(c3cccc(C)c3)[C@@H]3CS(=O)(=O)C[C@@H]32)cc1OC. The fourth-order valence-electron chi connectivity index (χ4n) is 4.63. The summed E-state index contributed by atoms with van der Waals surface area (Å²) in [6.45, 7) is 2.77. The molecule has 0 N–H and O–H groups in total. The number of hydrogen-bond donors (Lipinski definition) is 0. The summed E-state index contributed by atoms with van der Waals surface area (Å²) in [7, 11) is -0.0201. The van der Waals surface area contributed by atoms with Crippen molar-refractivity contribution in [1.29, 1.82) is 0 Å². The first-order valence-electron chi connectivity index (χ1n) is 10.4. The van der Waals surface area contributed by atoms with E-state index in [9.17, 15) is 13.2 Å². The molecule has 2 heterocycles. The number of methoxy groups -OCH3 is 2. The minimum Gasteiger partial charge on any atom is -0.493 e. The molecule has 0 saturated carbocycles. The Balaban J connectivity index is 1.56. The summed E-state index contributed by atoms with van der Waals surface area (Å²) in [5.41, 5.74) is 2.86. The number of sulfone groups is 1. The number of carbonyl (C=O) groups is 1. The van der Waals surface area contributed by atoms with E-state index >= 15 is 0 Å². The Hall–Kier alpha value is -2.58. The predicted octanol–water partition coefficient (Wildman–Crippen LogP) is 2.07. The summed E-state index contributed by atoms with van der Waals surface area (Å²) >= 11 is 0. The molecule has 2 aromatic rings. The van der Waals surface area contributed by atoms with Crippen molar-refractivity contribution in [2.45, 2.75) is 25.4 Å². The van der Waals surface area contributed by atoms with Crippen LogP contribution in [0.25, 0.3) is 0 Å². The van der Waals surface area contributed by atoms with Gasteiger partial charge in [-0.15, -0.1) is 0 Å². The number of aryl methyl sites for hydroxylation is 1. The summed E-state index contributed by atoms with van der Waals surface area (Å²) in [6, 6.07) is 12.9. The Labute approximate surface area is 183 Å². The number of carbonyl (C=O) groups excluding carboxylic acids is 1. The van der Waals surface area contributed by atoms with E-state index < -0.39 is 9.84 Å². The van der Waals surface area contributed by atoms with Crippen molar-refractivity contribution in [2.75, 3.05) is 43.7 Å². The highest BCUT2D eigenvalue weighted by Gasteiger charge is 2.49. The van der Waals surface area contributed by atoms with Crippen LogP contribution in [0.4, 0.5) is 5.69 Å². The summed E-state index contributed by atoms with van der Waals surface area (Å²) in [5, 5.41) is 0. The first kappa shape index (κ1) is 21.6. The van der Waals surface area contributed by atoms with E-state index in [1.165, 1.54) is 0 Å². The lowest BCUT2D eigenvalue weighted by Gasteiger charge is -2.43. The highest BCUT2D eigenvalue weighted by atomic mass is 32.2. The number of hydrogen-bond acceptors (Lipinski definition) is 6. The lowest BCUT2D eigenvalue weighted by Crippen LogP contribution is -2.62. The van der Waals surface area contributed by atoms with Crippen molar-refractivity contribution in [1.82, 2.24) is 4.90 Å². The van der Waals surface area contributed by atoms with E-state index in [0.29, 0.717) is 24.5 Å². The van der Waals surface area contributed by atoms with Crippen LogP contribution in [0, 0.1) is 6.92 Å². The molecule has 8 heteroatoms. The van der Waals surface area contributed by atoms with Gasteiger partial charge in [-0.25, -0.2) is 8.42 Å². The molecule has 2 saturated heterocycles. The highest BCUT2D eigenvalue weighted by molar-refractivity contribution is 7.91. The molecule has 2 aliphatic rings. The summed E-state index contributed by atoms with van der Waals surface area (Å²) in [6.07, 6.45) is 0.682. The lowest BCUT2D eigenvalue weighted by atomic mass is 10.0. The van der Waals surface area contributed by atoms with E-state index in [0.717, 1.165) is 16.8 Å². The predicted molar refractivity (Wildman–Crippen MR) is 120 cm³/mol. The van der Waals surface area contributed by atoms with Gasteiger partial charge in [-0.05, 0) is 48.7 Å². The number of anilines is 1. The van der Waals surface area contributed by atoms with Crippen molar-refractivity contribution < 1.29 is 22.7 Å². The van der Waals surface area contributed by atoms with Crippen LogP contribution in [0.2, 0.25) is 0 Å². The monoisotopic (exact) mass is 444 g/mol. The average Bonchev–Trinajstić information content (AvgIpc) is 3.06. The van der Waals surface area contributed by atoms with E-state index in [1.54, 1.807) is 19.1 Å². The fourth-order valence-corrected chi connectivity index (χ4v) is 6.61. The van der Waals surface area contributed by atoms with Crippen LogP contribution in [0.1, 0.15) is 11.1 Å². The largest absolute Gasteiger partial charge is 0.493 e. The third-order valence-electron chi connectivity index (χ3n) is 6.12. The molecule has 31 heavy (non-hydrogen) atoms. The Kier molecular flexibility index (Phi) is 5.94. The maximum atomic E-state index is 13.1. The normalized spacial score (nSPS) is 22.9. The van der Waals surface area contributed by atoms with Gasteiger partial charge in [0.15, 0.2) is 21.3 Å². The van der Waals surface area contributed by atoms with Crippen molar-refractivity contribution in [3.8, 4) is 11.5 Å². The van der Waals surface area contributed by atoms with Gasteiger partial charge in [0.1, 0.15) is 0 Å². The molecular formula is C23H28N2O5S. The maximum absolute atomic E-state index is 13.1. The number of piperazine rings is 1. The molecule has 4 rings (SSSR count). The zero-order chi connectivity index (χ0) is 22.2. The van der Waals surface area contributed by atoms with Gasteiger partial charge < -0.3 is 14.4 Å². The molecule has 2 aromatic carbocycles. The fraction of sp³-hybridized carbons (Fsp3) is 0.435. The van der Waals surface area contributed by atoms with Crippen molar-refractivity contribution in [3.63, 3.8) is 0 Å². The summed E-state index contributed by atoms with van der Waals surface area (Å²) in [5.74, 6) is 1.34. The van der Waals surface area contributed by atoms with Gasteiger partial charge in [0.25, 0.3) is 0 Å². The lowest BCUT2D eigenvalue weighted by molar-refractivity contribution is -0.123. The molecule has 0 bridgehead atoms. The van der Waals surface area contributed by atoms with Crippen LogP contribution in [0.5, 0.6) is 11.5 Å². The molecule has 2 fully saturated rings. The summed E-state index contributed by atoms with van der Waals surface area (Å²) < 4.78 is 35.7. The second-order valence-electron chi connectivity index (χ2n) is 8.22. The van der Waals surface area contributed by atoms with Gasteiger partial charge in [-0.1, -0.05) is 18.2 Å². The molecule has 0 unspecified atom stereocenters. The standard InChI is InChI=1S/C23H28N2O5S/c1-16-5-4-6-18(11-16)25-20-15-31(27,28)14-19(20)24(13-23(25)26)10-9-17-7-8-21(29-2)22(12-17)30-3/h4-8,11-12,19-20H,9-10,13-15H2,1-3H3/t19-,20+/m0/s1. The molecule has 0 aliphatic carbocycles. The number of ether oxygens (including phenoxy) is 2. The topological polar surface area (TPSA) is 76.2 Å². The number of rotatable bonds is 6. The van der Waals surface area contributed by atoms with Gasteiger partial charge in [0, 0.05) is 18.3 Å². The maximum Gasteiger partial charge on any atom is 0.241 e. The number of amides is 1. The Morgan fingerprint density at radius 2 is 1.74 bits per heavy atom. The minimum absolute atomic E-state index is 0.00417. The smallest absolute Gasteiger partial charge is 0.241 e. The zero-order valence-corrected chi connectivity index (χ0v) is 18.9. The Morgan fingerprint density at radius 1 is 1.00 bits per heavy atom. The summed E-state index contributed by atoms with van der Waals surface area (Å²) in [4.78, 5) is 16.9. The van der Waals surface area contributed by atoms with Gasteiger partial charge in [-0.3, -0.25) is 9.69 Å². The van der Waals surface area contributed by atoms with Crippen molar-refractivity contribution in [2.24, 2.45) is 0 Å². The van der Waals surface area contributed by atoms with Gasteiger partial charge >= 0.3 is 0 Å². The van der Waals surface area contributed by atoms with Gasteiger partial charge in [0.2, 0.25) is 5.91 Å². The van der Waals surface area contributed by atoms with Crippen LogP contribution >= 0.6 is 0 Å². The quantitative estimate of drug-likeness (QED) is 0.679. The van der Waals surface area contributed by atoms with Crippen LogP contribution in [-0.2, 0) is 21.1 Å². The van der Waals surface area contributed by atoms with Crippen molar-refractivity contribution in [3.05, 3.63) is 53.6 Å². The zero-order valence-electron chi connectivity index (χ0n) is 18.1. The highest BCUT2D eigenvalue weighted by Crippen LogP contribution is 2.33. The average molecular weight is 445 g/mol. The first-order chi connectivity index (χ1) is 14.8. The van der Waals surface area contributed by atoms with Crippen LogP contribution in [-0.4, -0.2) is 70.1 Å². The van der Waals surface area contributed by atoms with Crippen LogP contribution in [0.3, 0.4) is 0 Å². The molecule has 7 nitrogen and oxygen atoms in total. The van der Waals surface area contributed by atoms with Crippen molar-refractivity contribution >= 4 is 21.4 Å². The second kappa shape index (κ2) is 8.51. The Morgan fingerprint density at radius 3 is 2.45 bits per heavy atom. The van der Waals surface area contributed by atoms with Crippen LogP contribution < -0.4 is 14.4 Å². The first-order valence-corrected chi connectivity index (χ1v) is 12.2. The van der Waals surface area contributed by atoms with Gasteiger partial charge in [-0.2, -0.15) is 0 Å². The molecule has 0 spiro atoms. The molecule has 2 atom stereocenters. The van der Waals surface area contributed by atoms with E-state index in [-0.39, 0.29) is 36.0 Å². The molecule has 2 aliphatic heterocycles. The van der Waals surface area contributed by atoms with Crippen LogP contribution in [0.15, 0.2) is 42.5 Å². The third-order valence-corrected chi connectivity index (χ3v) is 7.82. The van der Waals surface area contributed by atoms with E-state index in [4.69, 9.17) is 9.47 Å². The number of nitrogens with zero attached hydrogens (tertiary/aromatic N) is 2. The molecular weight excluding hydrogens is 416 g/mol. The van der Waals surface area contributed by atoms with E-state index in [1.807, 2.05) is 54.3 Å². The van der Waals surface area contributed by atoms with E-state index in [2.05, 4.69) is 0 Å². The molecule has 166 valence electrons. The van der Waals surface area contributed by atoms with Gasteiger partial charge in [0.05, 0.1) is 38.3 Å². The second-order valence-corrected chi connectivity index (χ2v) is 10.4. The molecule has 0 aromatic heterocycles. The third kappa shape index (κ3) is 4.41. The number of benzene rings is 2. The molecule has 1 amide bonds. The minimum atomic E-state index is -3.21.